The van der Waals surface area contributed by atoms with Crippen molar-refractivity contribution in [3.63, 3.8) is 0 Å². The summed E-state index contributed by atoms with van der Waals surface area (Å²) in [5, 5.41) is 1.05. The van der Waals surface area contributed by atoms with Gasteiger partial charge in [0, 0.05) is 17.3 Å². The van der Waals surface area contributed by atoms with E-state index in [1.54, 1.807) is 6.34 Å². The number of Topliss-reactive ketones (excluding diaryl/α,β-unsaturated/α-hetero) is 1. The number of ketones is 1. The minimum Gasteiger partial charge on any atom is -0.317 e. The first-order valence-electron chi connectivity index (χ1n) is 6.91. The molecule has 4 heteroatoms. The molecule has 4 nitrogen and oxygen atoms in total. The number of hydrogen-bond acceptors (Lipinski definition) is 3. The zero-order chi connectivity index (χ0) is 14.2. The van der Waals surface area contributed by atoms with Gasteiger partial charge in [0.2, 0.25) is 0 Å². The first-order valence-corrected chi connectivity index (χ1v) is 6.91. The number of aliphatic imine (C=N–C) groups is 1. The van der Waals surface area contributed by atoms with Gasteiger partial charge in [-0.2, -0.15) is 0 Å². The molecule has 0 fully saturated rings. The standard InChI is InChI=1S/C17H13N3O/c21-16(12-5-2-1-3-6-12)10-14-8-4-7-13-9-15-17(20(13)14)19-11-18-15/h1-9,11,14H,10H2. The first-order chi connectivity index (χ1) is 10.3. The van der Waals surface area contributed by atoms with Crippen LogP contribution < -0.4 is 10.8 Å². The summed E-state index contributed by atoms with van der Waals surface area (Å²) in [6.45, 7) is 0. The Morgan fingerprint density at radius 1 is 1.24 bits per heavy atom. The van der Waals surface area contributed by atoms with Crippen molar-refractivity contribution in [2.24, 2.45) is 9.98 Å². The second kappa shape index (κ2) is 4.66. The first kappa shape index (κ1) is 12.0. The number of benzene rings is 1. The fraction of sp³-hybridized carbons (Fsp3) is 0.118. The normalized spacial score (nSPS) is 17.8. The molecule has 0 saturated heterocycles. The summed E-state index contributed by atoms with van der Waals surface area (Å²) in [6, 6.07) is 11.4. The third-order valence-corrected chi connectivity index (χ3v) is 3.82. The molecule has 0 aliphatic carbocycles. The van der Waals surface area contributed by atoms with Crippen molar-refractivity contribution in [1.82, 2.24) is 4.57 Å². The fourth-order valence-electron chi connectivity index (χ4n) is 2.83. The lowest BCUT2D eigenvalue weighted by molar-refractivity contribution is 0.0969. The van der Waals surface area contributed by atoms with Crippen LogP contribution in [0, 0.1) is 0 Å². The molecule has 2 aliphatic rings. The summed E-state index contributed by atoms with van der Waals surface area (Å²) in [4.78, 5) is 21.0. The van der Waals surface area contributed by atoms with E-state index in [9.17, 15) is 4.79 Å². The Balaban J connectivity index is 1.70. The van der Waals surface area contributed by atoms with Crippen molar-refractivity contribution in [3.8, 4) is 0 Å². The summed E-state index contributed by atoms with van der Waals surface area (Å²) < 4.78 is 2.09. The molecular weight excluding hydrogens is 262 g/mol. The number of nitrogens with zero attached hydrogens (tertiary/aromatic N) is 3. The van der Waals surface area contributed by atoms with Crippen LogP contribution in [0.25, 0.3) is 6.08 Å². The average Bonchev–Trinajstić information content (AvgIpc) is 3.09. The highest BCUT2D eigenvalue weighted by Gasteiger charge is 2.20. The minimum atomic E-state index is -0.00749. The molecule has 102 valence electrons. The summed E-state index contributed by atoms with van der Waals surface area (Å²) in [6.07, 6.45) is 8.05. The fourth-order valence-corrected chi connectivity index (χ4v) is 2.83. The molecule has 21 heavy (non-hydrogen) atoms. The maximum Gasteiger partial charge on any atom is 0.165 e. The lowest BCUT2D eigenvalue weighted by Gasteiger charge is -2.17. The zero-order valence-corrected chi connectivity index (χ0v) is 11.3. The van der Waals surface area contributed by atoms with Crippen LogP contribution in [0.5, 0.6) is 0 Å². The van der Waals surface area contributed by atoms with Gasteiger partial charge in [0.05, 0.1) is 6.04 Å². The predicted octanol–water partition coefficient (Wildman–Crippen LogP) is 1.95. The van der Waals surface area contributed by atoms with Crippen LogP contribution in [0.4, 0.5) is 5.69 Å². The van der Waals surface area contributed by atoms with Gasteiger partial charge in [-0.1, -0.05) is 42.5 Å². The van der Waals surface area contributed by atoms with Crippen molar-refractivity contribution in [2.75, 3.05) is 0 Å². The van der Waals surface area contributed by atoms with Crippen molar-refractivity contribution in [3.05, 3.63) is 65.0 Å². The molecule has 0 N–H and O–H groups in total. The Morgan fingerprint density at radius 2 is 2.10 bits per heavy atom. The van der Waals surface area contributed by atoms with E-state index in [-0.39, 0.29) is 11.8 Å². The molecule has 0 saturated carbocycles. The number of carbonyl (C=O) groups is 1. The molecule has 1 atom stereocenters. The Bertz CT molecular complexity index is 888. The van der Waals surface area contributed by atoms with E-state index in [1.165, 1.54) is 0 Å². The van der Waals surface area contributed by atoms with Crippen LogP contribution in [0.1, 0.15) is 22.8 Å². The lowest BCUT2D eigenvalue weighted by atomic mass is 10.0. The Morgan fingerprint density at radius 3 is 2.95 bits per heavy atom. The Hall–Kier alpha value is -2.75. The van der Waals surface area contributed by atoms with E-state index >= 15 is 0 Å². The van der Waals surface area contributed by atoms with E-state index < -0.39 is 0 Å². The van der Waals surface area contributed by atoms with Gasteiger partial charge in [0.25, 0.3) is 0 Å². The van der Waals surface area contributed by atoms with Gasteiger partial charge < -0.3 is 4.57 Å². The van der Waals surface area contributed by atoms with Crippen molar-refractivity contribution in [1.29, 1.82) is 0 Å². The molecule has 0 radical (unpaired) electrons. The number of aromatic nitrogens is 1. The maximum atomic E-state index is 12.4. The molecular formula is C17H13N3O. The van der Waals surface area contributed by atoms with Crippen LogP contribution >= 0.6 is 0 Å². The van der Waals surface area contributed by atoms with Crippen LogP contribution in [0.3, 0.4) is 0 Å². The highest BCUT2D eigenvalue weighted by atomic mass is 16.1. The van der Waals surface area contributed by atoms with Gasteiger partial charge in [-0.3, -0.25) is 4.79 Å². The molecule has 1 unspecified atom stereocenters. The summed E-state index contributed by atoms with van der Waals surface area (Å²) in [5.41, 5.74) is 2.47. The predicted molar refractivity (Wildman–Crippen MR) is 81.4 cm³/mol. The third kappa shape index (κ3) is 1.96. The van der Waals surface area contributed by atoms with Crippen molar-refractivity contribution >= 4 is 23.9 Å². The number of allylic oxidation sites excluding steroid dienone is 2. The molecule has 4 rings (SSSR count). The second-order valence-electron chi connectivity index (χ2n) is 5.13. The molecule has 0 spiro atoms. The third-order valence-electron chi connectivity index (χ3n) is 3.82. The lowest BCUT2D eigenvalue weighted by Crippen LogP contribution is -2.32. The Labute approximate surface area is 121 Å². The largest absolute Gasteiger partial charge is 0.317 e. The van der Waals surface area contributed by atoms with Crippen molar-refractivity contribution in [2.45, 2.75) is 12.5 Å². The summed E-state index contributed by atoms with van der Waals surface area (Å²) >= 11 is 0. The molecule has 2 aliphatic heterocycles. The van der Waals surface area contributed by atoms with Crippen molar-refractivity contribution < 1.29 is 4.79 Å². The molecule has 1 aromatic carbocycles. The minimum absolute atomic E-state index is 0.00749. The quantitative estimate of drug-likeness (QED) is 0.790. The molecule has 3 heterocycles. The second-order valence-corrected chi connectivity index (χ2v) is 5.13. The van der Waals surface area contributed by atoms with E-state index in [0.29, 0.717) is 6.42 Å². The monoisotopic (exact) mass is 275 g/mol. The van der Waals surface area contributed by atoms with Crippen LogP contribution in [-0.2, 0) is 0 Å². The zero-order valence-electron chi connectivity index (χ0n) is 11.3. The average molecular weight is 275 g/mol. The van der Waals surface area contributed by atoms with E-state index in [0.717, 1.165) is 22.1 Å². The Kier molecular flexibility index (Phi) is 2.67. The maximum absolute atomic E-state index is 12.4. The number of carbonyl (C=O) groups excluding carboxylic acids is 1. The molecule has 0 amide bonds. The topological polar surface area (TPSA) is 46.7 Å². The SMILES string of the molecule is O=C(CC1C=CC=c2cc3c(n21)=NC=N3)c1ccccc1. The van der Waals surface area contributed by atoms with Gasteiger partial charge in [-0.25, -0.2) is 9.98 Å². The van der Waals surface area contributed by atoms with E-state index in [2.05, 4.69) is 14.6 Å². The number of fused-ring (bicyclic) bond motifs is 3. The highest BCUT2D eigenvalue weighted by molar-refractivity contribution is 5.96. The van der Waals surface area contributed by atoms with E-state index in [1.807, 2.05) is 54.6 Å². The molecule has 1 aromatic heterocycles. The summed E-state index contributed by atoms with van der Waals surface area (Å²) in [7, 11) is 0. The highest BCUT2D eigenvalue weighted by Crippen LogP contribution is 2.19. The molecule has 0 bridgehead atoms. The smallest absolute Gasteiger partial charge is 0.165 e. The van der Waals surface area contributed by atoms with Gasteiger partial charge in [0.1, 0.15) is 12.0 Å². The van der Waals surface area contributed by atoms with Gasteiger partial charge in [-0.15, -0.1) is 0 Å². The van der Waals surface area contributed by atoms with Gasteiger partial charge in [0.15, 0.2) is 11.3 Å². The molecule has 2 aromatic rings. The number of hydrogen-bond donors (Lipinski definition) is 0. The summed E-state index contributed by atoms with van der Waals surface area (Å²) in [5.74, 6) is 0.138. The number of rotatable bonds is 3. The van der Waals surface area contributed by atoms with Crippen LogP contribution in [0.15, 0.2) is 58.5 Å². The van der Waals surface area contributed by atoms with E-state index in [4.69, 9.17) is 0 Å². The van der Waals surface area contributed by atoms with Crippen LogP contribution in [-0.4, -0.2) is 16.7 Å². The van der Waals surface area contributed by atoms with Gasteiger partial charge in [-0.05, 0) is 12.1 Å². The van der Waals surface area contributed by atoms with Gasteiger partial charge >= 0.3 is 0 Å². The van der Waals surface area contributed by atoms with Crippen LogP contribution in [0.2, 0.25) is 0 Å².